The molecule has 0 bridgehead atoms. The number of nitrogens with zero attached hydrogens (tertiary/aromatic N) is 2. The lowest BCUT2D eigenvalue weighted by Gasteiger charge is -2.36. The molecule has 0 spiro atoms. The maximum Gasteiger partial charge on any atom is 0.123 e. The van der Waals surface area contributed by atoms with Gasteiger partial charge in [-0.1, -0.05) is 13.8 Å². The van der Waals surface area contributed by atoms with Crippen molar-refractivity contribution in [3.63, 3.8) is 0 Å². The van der Waals surface area contributed by atoms with E-state index in [1.165, 1.54) is 19.4 Å². The van der Waals surface area contributed by atoms with Gasteiger partial charge in [0.05, 0.1) is 0 Å². The Morgan fingerprint density at radius 2 is 1.71 bits per heavy atom. The zero-order valence-corrected chi connectivity index (χ0v) is 13.3. The van der Waals surface area contributed by atoms with E-state index in [9.17, 15) is 4.39 Å². The standard InChI is InChI=1S/C17H28FN3/c1-15(2)19-9-3-4-10-20-11-13-21(14-12-20)17-7-5-16(18)6-8-17/h5-8,15,19H,3-4,9-14H2,1-2H3. The molecule has 0 radical (unpaired) electrons. The molecular formula is C17H28FN3. The van der Waals surface area contributed by atoms with Gasteiger partial charge >= 0.3 is 0 Å². The van der Waals surface area contributed by atoms with Crippen LogP contribution in [-0.2, 0) is 0 Å². The number of nitrogens with one attached hydrogen (secondary N) is 1. The Balaban J connectivity index is 1.63. The van der Waals surface area contributed by atoms with E-state index in [-0.39, 0.29) is 5.82 Å². The first-order chi connectivity index (χ1) is 10.1. The number of halogens is 1. The molecule has 0 unspecified atom stereocenters. The minimum absolute atomic E-state index is 0.160. The van der Waals surface area contributed by atoms with Gasteiger partial charge in [0, 0.05) is 37.9 Å². The van der Waals surface area contributed by atoms with E-state index >= 15 is 0 Å². The van der Waals surface area contributed by atoms with E-state index in [2.05, 4.69) is 29.0 Å². The van der Waals surface area contributed by atoms with Crippen LogP contribution in [0.25, 0.3) is 0 Å². The molecule has 1 aliphatic rings. The van der Waals surface area contributed by atoms with Gasteiger partial charge in [-0.25, -0.2) is 4.39 Å². The third kappa shape index (κ3) is 5.64. The summed E-state index contributed by atoms with van der Waals surface area (Å²) in [6.07, 6.45) is 2.51. The third-order valence-electron chi connectivity index (χ3n) is 4.02. The maximum absolute atomic E-state index is 12.9. The van der Waals surface area contributed by atoms with Gasteiger partial charge in [0.25, 0.3) is 0 Å². The van der Waals surface area contributed by atoms with E-state index in [0.717, 1.165) is 38.4 Å². The molecule has 1 aromatic rings. The van der Waals surface area contributed by atoms with Crippen LogP contribution in [0.15, 0.2) is 24.3 Å². The molecule has 0 aromatic heterocycles. The minimum Gasteiger partial charge on any atom is -0.369 e. The van der Waals surface area contributed by atoms with Crippen molar-refractivity contribution in [2.24, 2.45) is 0 Å². The normalized spacial score (nSPS) is 16.7. The topological polar surface area (TPSA) is 18.5 Å². The molecule has 4 heteroatoms. The van der Waals surface area contributed by atoms with Gasteiger partial charge in [-0.2, -0.15) is 0 Å². The highest BCUT2D eigenvalue weighted by molar-refractivity contribution is 5.46. The minimum atomic E-state index is -0.160. The van der Waals surface area contributed by atoms with E-state index < -0.39 is 0 Å². The highest BCUT2D eigenvalue weighted by Gasteiger charge is 2.16. The van der Waals surface area contributed by atoms with E-state index in [1.54, 1.807) is 12.1 Å². The Labute approximate surface area is 128 Å². The average Bonchev–Trinajstić information content (AvgIpc) is 2.48. The summed E-state index contributed by atoms with van der Waals surface area (Å²) in [7, 11) is 0. The van der Waals surface area contributed by atoms with E-state index in [1.807, 2.05) is 12.1 Å². The Morgan fingerprint density at radius 3 is 2.33 bits per heavy atom. The number of rotatable bonds is 7. The van der Waals surface area contributed by atoms with Gasteiger partial charge in [0.1, 0.15) is 5.82 Å². The van der Waals surface area contributed by atoms with Gasteiger partial charge in [0.15, 0.2) is 0 Å². The number of piperazine rings is 1. The molecule has 0 saturated carbocycles. The maximum atomic E-state index is 12.9. The van der Waals surface area contributed by atoms with Crippen LogP contribution >= 0.6 is 0 Å². The summed E-state index contributed by atoms with van der Waals surface area (Å²) in [5.74, 6) is -0.160. The number of hydrogen-bond donors (Lipinski definition) is 1. The molecule has 118 valence electrons. The SMILES string of the molecule is CC(C)NCCCCN1CCN(c2ccc(F)cc2)CC1. The van der Waals surface area contributed by atoms with Crippen molar-refractivity contribution < 1.29 is 4.39 Å². The van der Waals surface area contributed by atoms with Crippen molar-refractivity contribution in [1.82, 2.24) is 10.2 Å². The van der Waals surface area contributed by atoms with Crippen LogP contribution in [-0.4, -0.2) is 50.2 Å². The molecule has 0 amide bonds. The van der Waals surface area contributed by atoms with Gasteiger partial charge in [-0.05, 0) is 50.2 Å². The molecule has 1 fully saturated rings. The summed E-state index contributed by atoms with van der Waals surface area (Å²) in [5.41, 5.74) is 1.14. The van der Waals surface area contributed by atoms with Crippen LogP contribution in [0.5, 0.6) is 0 Å². The Hall–Kier alpha value is -1.13. The van der Waals surface area contributed by atoms with Crippen LogP contribution in [0, 0.1) is 5.82 Å². The van der Waals surface area contributed by atoms with Crippen molar-refractivity contribution >= 4 is 5.69 Å². The molecular weight excluding hydrogens is 265 g/mol. The second kappa shape index (κ2) is 8.35. The number of unbranched alkanes of at least 4 members (excludes halogenated alkanes) is 1. The molecule has 0 aliphatic carbocycles. The van der Waals surface area contributed by atoms with Gasteiger partial charge in [-0.3, -0.25) is 4.90 Å². The summed E-state index contributed by atoms with van der Waals surface area (Å²) < 4.78 is 12.9. The molecule has 1 saturated heterocycles. The quantitative estimate of drug-likeness (QED) is 0.780. The second-order valence-corrected chi connectivity index (χ2v) is 6.12. The molecule has 21 heavy (non-hydrogen) atoms. The average molecular weight is 293 g/mol. The third-order valence-corrected chi connectivity index (χ3v) is 4.02. The lowest BCUT2D eigenvalue weighted by Crippen LogP contribution is -2.46. The summed E-state index contributed by atoms with van der Waals surface area (Å²) in [6.45, 7) is 11.0. The van der Waals surface area contributed by atoms with Crippen molar-refractivity contribution in [2.45, 2.75) is 32.7 Å². The summed E-state index contributed by atoms with van der Waals surface area (Å²) in [6, 6.07) is 7.43. The molecule has 1 aliphatic heterocycles. The first-order valence-electron chi connectivity index (χ1n) is 8.11. The van der Waals surface area contributed by atoms with Gasteiger partial charge < -0.3 is 10.2 Å². The lowest BCUT2D eigenvalue weighted by atomic mass is 10.2. The van der Waals surface area contributed by atoms with Crippen LogP contribution in [0.1, 0.15) is 26.7 Å². The predicted molar refractivity (Wildman–Crippen MR) is 87.4 cm³/mol. The Kier molecular flexibility index (Phi) is 6.46. The number of anilines is 1. The Morgan fingerprint density at radius 1 is 1.05 bits per heavy atom. The molecule has 1 N–H and O–H groups in total. The van der Waals surface area contributed by atoms with Gasteiger partial charge in [-0.15, -0.1) is 0 Å². The monoisotopic (exact) mass is 293 g/mol. The fourth-order valence-corrected chi connectivity index (χ4v) is 2.73. The summed E-state index contributed by atoms with van der Waals surface area (Å²) in [4.78, 5) is 4.88. The number of benzene rings is 1. The molecule has 2 rings (SSSR count). The zero-order valence-electron chi connectivity index (χ0n) is 13.3. The predicted octanol–water partition coefficient (Wildman–Crippen LogP) is 2.73. The van der Waals surface area contributed by atoms with E-state index in [0.29, 0.717) is 6.04 Å². The smallest absolute Gasteiger partial charge is 0.123 e. The first kappa shape index (κ1) is 16.2. The Bertz CT molecular complexity index is 397. The highest BCUT2D eigenvalue weighted by Crippen LogP contribution is 2.16. The second-order valence-electron chi connectivity index (χ2n) is 6.12. The van der Waals surface area contributed by atoms with Crippen LogP contribution in [0.3, 0.4) is 0 Å². The van der Waals surface area contributed by atoms with Crippen molar-refractivity contribution in [3.05, 3.63) is 30.1 Å². The first-order valence-corrected chi connectivity index (χ1v) is 8.11. The summed E-state index contributed by atoms with van der Waals surface area (Å²) in [5, 5.41) is 3.46. The molecule has 3 nitrogen and oxygen atoms in total. The molecule has 1 heterocycles. The van der Waals surface area contributed by atoms with Crippen molar-refractivity contribution in [2.75, 3.05) is 44.2 Å². The van der Waals surface area contributed by atoms with Crippen molar-refractivity contribution in [1.29, 1.82) is 0 Å². The number of hydrogen-bond acceptors (Lipinski definition) is 3. The fourth-order valence-electron chi connectivity index (χ4n) is 2.73. The van der Waals surface area contributed by atoms with E-state index in [4.69, 9.17) is 0 Å². The van der Waals surface area contributed by atoms with Crippen LogP contribution < -0.4 is 10.2 Å². The lowest BCUT2D eigenvalue weighted by molar-refractivity contribution is 0.252. The zero-order chi connectivity index (χ0) is 15.1. The summed E-state index contributed by atoms with van der Waals surface area (Å²) >= 11 is 0. The highest BCUT2D eigenvalue weighted by atomic mass is 19.1. The molecule has 1 aromatic carbocycles. The molecule has 0 atom stereocenters. The largest absolute Gasteiger partial charge is 0.369 e. The fraction of sp³-hybridized carbons (Fsp3) is 0.647. The van der Waals surface area contributed by atoms with Crippen LogP contribution in [0.2, 0.25) is 0 Å². The van der Waals surface area contributed by atoms with Crippen LogP contribution in [0.4, 0.5) is 10.1 Å². The van der Waals surface area contributed by atoms with Crippen molar-refractivity contribution in [3.8, 4) is 0 Å². The van der Waals surface area contributed by atoms with Gasteiger partial charge in [0.2, 0.25) is 0 Å².